The molecular weight excluding hydrogens is 474 g/mol. The molecular formula is C19H33N5O9S. The average Bonchev–Trinajstić information content (AvgIpc) is 2.74. The van der Waals surface area contributed by atoms with E-state index in [1.54, 1.807) is 6.26 Å². The Morgan fingerprint density at radius 2 is 1.44 bits per heavy atom. The molecule has 0 aromatic rings. The van der Waals surface area contributed by atoms with Crippen LogP contribution < -0.4 is 27.4 Å². The number of carboxylic acid groups (broad SMARTS) is 2. The van der Waals surface area contributed by atoms with E-state index in [-0.39, 0.29) is 25.7 Å². The number of amides is 4. The minimum Gasteiger partial charge on any atom is -0.481 e. The third kappa shape index (κ3) is 12.4. The summed E-state index contributed by atoms with van der Waals surface area (Å²) in [6.07, 6.45) is -0.761. The second-order valence-electron chi connectivity index (χ2n) is 7.51. The first-order valence-corrected chi connectivity index (χ1v) is 11.8. The first-order valence-electron chi connectivity index (χ1n) is 10.4. The summed E-state index contributed by atoms with van der Waals surface area (Å²) >= 11 is 1.37. The van der Waals surface area contributed by atoms with Crippen molar-refractivity contribution in [1.82, 2.24) is 16.0 Å². The molecule has 10 N–H and O–H groups in total. The standard InChI is InChI=1S/C19H33N5O9S/c1-9(25)15(18(31)23-12(19(32)33)7-8-34-2)24-17(30)11(4-5-13(21)26)22-16(29)10(20)3-6-14(27)28/h9-12,15,25H,3-8,20H2,1-2H3,(H2,21,26)(H,22,29)(H,23,31)(H,24,30)(H,27,28)(H,32,33). The van der Waals surface area contributed by atoms with Crippen LogP contribution in [0.2, 0.25) is 0 Å². The van der Waals surface area contributed by atoms with E-state index < -0.39 is 72.3 Å². The summed E-state index contributed by atoms with van der Waals surface area (Å²) in [4.78, 5) is 70.8. The maximum atomic E-state index is 12.8. The molecule has 5 atom stereocenters. The highest BCUT2D eigenvalue weighted by Gasteiger charge is 2.32. The summed E-state index contributed by atoms with van der Waals surface area (Å²) < 4.78 is 0. The third-order valence-corrected chi connectivity index (χ3v) is 5.25. The average molecular weight is 508 g/mol. The maximum absolute atomic E-state index is 12.8. The van der Waals surface area contributed by atoms with Gasteiger partial charge in [-0.25, -0.2) is 4.79 Å². The Morgan fingerprint density at radius 3 is 1.91 bits per heavy atom. The van der Waals surface area contributed by atoms with Crippen LogP contribution in [0.4, 0.5) is 0 Å². The number of carbonyl (C=O) groups excluding carboxylic acids is 4. The molecule has 0 aliphatic rings. The molecule has 5 unspecified atom stereocenters. The highest BCUT2D eigenvalue weighted by Crippen LogP contribution is 2.05. The number of carboxylic acids is 2. The number of aliphatic hydroxyl groups excluding tert-OH is 1. The molecule has 0 aromatic carbocycles. The normalized spacial score (nSPS) is 15.2. The van der Waals surface area contributed by atoms with Crippen molar-refractivity contribution >= 4 is 47.3 Å². The van der Waals surface area contributed by atoms with Crippen molar-refractivity contribution in [3.63, 3.8) is 0 Å². The number of rotatable bonds is 17. The van der Waals surface area contributed by atoms with Gasteiger partial charge >= 0.3 is 11.9 Å². The topological polar surface area (TPSA) is 251 Å². The highest BCUT2D eigenvalue weighted by atomic mass is 32.2. The predicted octanol–water partition coefficient (Wildman–Crippen LogP) is -2.88. The number of carbonyl (C=O) groups is 6. The minimum atomic E-state index is -1.57. The van der Waals surface area contributed by atoms with E-state index in [9.17, 15) is 39.0 Å². The molecule has 0 saturated carbocycles. The molecule has 0 saturated heterocycles. The Hall–Kier alpha value is -2.91. The van der Waals surface area contributed by atoms with Gasteiger partial charge in [-0.05, 0) is 38.2 Å². The Bertz CT molecular complexity index is 750. The van der Waals surface area contributed by atoms with E-state index in [2.05, 4.69) is 16.0 Å². The lowest BCUT2D eigenvalue weighted by Gasteiger charge is -2.26. The smallest absolute Gasteiger partial charge is 0.326 e. The predicted molar refractivity (Wildman–Crippen MR) is 121 cm³/mol. The van der Waals surface area contributed by atoms with Crippen molar-refractivity contribution in [2.45, 2.75) is 69.3 Å². The number of nitrogens with one attached hydrogen (secondary N) is 3. The van der Waals surface area contributed by atoms with Crippen molar-refractivity contribution in [3.8, 4) is 0 Å². The van der Waals surface area contributed by atoms with Gasteiger partial charge in [0.15, 0.2) is 0 Å². The molecule has 0 rings (SSSR count). The molecule has 4 amide bonds. The molecule has 0 aromatic heterocycles. The monoisotopic (exact) mass is 507 g/mol. The van der Waals surface area contributed by atoms with E-state index in [0.29, 0.717) is 5.75 Å². The number of aliphatic carboxylic acids is 2. The van der Waals surface area contributed by atoms with Crippen molar-refractivity contribution in [1.29, 1.82) is 0 Å². The lowest BCUT2D eigenvalue weighted by atomic mass is 10.1. The van der Waals surface area contributed by atoms with Crippen LogP contribution in [-0.2, 0) is 28.8 Å². The third-order valence-electron chi connectivity index (χ3n) is 4.61. The Kier molecular flexibility index (Phi) is 14.5. The van der Waals surface area contributed by atoms with E-state index in [4.69, 9.17) is 16.6 Å². The van der Waals surface area contributed by atoms with Crippen LogP contribution in [0.15, 0.2) is 0 Å². The lowest BCUT2D eigenvalue weighted by Crippen LogP contribution is -2.60. The molecule has 15 heteroatoms. The number of thioether (sulfide) groups is 1. The van der Waals surface area contributed by atoms with Gasteiger partial charge in [0.05, 0.1) is 12.1 Å². The van der Waals surface area contributed by atoms with Crippen LogP contribution in [0, 0.1) is 0 Å². The molecule has 0 radical (unpaired) electrons. The van der Waals surface area contributed by atoms with Crippen LogP contribution in [0.3, 0.4) is 0 Å². The molecule has 34 heavy (non-hydrogen) atoms. The number of aliphatic hydroxyl groups is 1. The number of nitrogens with two attached hydrogens (primary N) is 2. The zero-order valence-corrected chi connectivity index (χ0v) is 19.8. The first-order chi connectivity index (χ1) is 15.8. The maximum Gasteiger partial charge on any atom is 0.326 e. The second-order valence-corrected chi connectivity index (χ2v) is 8.50. The summed E-state index contributed by atoms with van der Waals surface area (Å²) in [6.45, 7) is 1.20. The lowest BCUT2D eigenvalue weighted by molar-refractivity contribution is -0.143. The van der Waals surface area contributed by atoms with Gasteiger partial charge in [0.1, 0.15) is 18.1 Å². The van der Waals surface area contributed by atoms with Gasteiger partial charge in [0.25, 0.3) is 0 Å². The SMILES string of the molecule is CSCCC(NC(=O)C(NC(=O)C(CCC(N)=O)NC(=O)C(N)CCC(=O)O)C(C)O)C(=O)O. The molecule has 0 bridgehead atoms. The van der Waals surface area contributed by atoms with Gasteiger partial charge in [0.2, 0.25) is 23.6 Å². The fourth-order valence-electron chi connectivity index (χ4n) is 2.66. The van der Waals surface area contributed by atoms with Gasteiger partial charge in [0, 0.05) is 12.8 Å². The van der Waals surface area contributed by atoms with Crippen LogP contribution in [0.1, 0.15) is 39.0 Å². The molecule has 194 valence electrons. The second kappa shape index (κ2) is 15.8. The summed E-state index contributed by atoms with van der Waals surface area (Å²) in [6, 6.07) is -5.48. The van der Waals surface area contributed by atoms with Crippen molar-refractivity contribution in [2.75, 3.05) is 12.0 Å². The molecule has 0 aliphatic heterocycles. The zero-order valence-electron chi connectivity index (χ0n) is 19.0. The molecule has 0 fully saturated rings. The van der Waals surface area contributed by atoms with Crippen LogP contribution in [0.5, 0.6) is 0 Å². The summed E-state index contributed by atoms with van der Waals surface area (Å²) in [7, 11) is 0. The molecule has 0 aliphatic carbocycles. The quantitative estimate of drug-likeness (QED) is 0.0992. The van der Waals surface area contributed by atoms with Gasteiger partial charge in [-0.15, -0.1) is 0 Å². The molecule has 0 heterocycles. The Morgan fingerprint density at radius 1 is 0.853 bits per heavy atom. The van der Waals surface area contributed by atoms with Crippen LogP contribution in [0.25, 0.3) is 0 Å². The van der Waals surface area contributed by atoms with Gasteiger partial charge in [-0.1, -0.05) is 0 Å². The first kappa shape index (κ1) is 31.1. The number of hydrogen-bond donors (Lipinski definition) is 8. The molecule has 0 spiro atoms. The number of primary amides is 1. The minimum absolute atomic E-state index is 0.105. The van der Waals surface area contributed by atoms with Crippen molar-refractivity contribution < 1.29 is 44.1 Å². The van der Waals surface area contributed by atoms with Crippen LogP contribution in [-0.4, -0.2) is 93.2 Å². The Labute approximate surface area is 200 Å². The van der Waals surface area contributed by atoms with Gasteiger partial charge in [-0.2, -0.15) is 11.8 Å². The van der Waals surface area contributed by atoms with Crippen LogP contribution >= 0.6 is 11.8 Å². The highest BCUT2D eigenvalue weighted by molar-refractivity contribution is 7.98. The Balaban J connectivity index is 5.43. The summed E-state index contributed by atoms with van der Waals surface area (Å²) in [5, 5.41) is 34.7. The number of hydrogen-bond acceptors (Lipinski definition) is 9. The van der Waals surface area contributed by atoms with Gasteiger partial charge < -0.3 is 42.7 Å². The summed E-state index contributed by atoms with van der Waals surface area (Å²) in [5.41, 5.74) is 10.7. The van der Waals surface area contributed by atoms with E-state index in [1.165, 1.54) is 18.7 Å². The fourth-order valence-corrected chi connectivity index (χ4v) is 3.13. The molecule has 14 nitrogen and oxygen atoms in total. The largest absolute Gasteiger partial charge is 0.481 e. The summed E-state index contributed by atoms with van der Waals surface area (Å²) in [5.74, 6) is -5.59. The van der Waals surface area contributed by atoms with E-state index >= 15 is 0 Å². The van der Waals surface area contributed by atoms with Gasteiger partial charge in [-0.3, -0.25) is 24.0 Å². The zero-order chi connectivity index (χ0) is 26.4. The van der Waals surface area contributed by atoms with Crippen molar-refractivity contribution in [2.24, 2.45) is 11.5 Å². The fraction of sp³-hybridized carbons (Fsp3) is 0.684. The van der Waals surface area contributed by atoms with E-state index in [0.717, 1.165) is 0 Å². The van der Waals surface area contributed by atoms with E-state index in [1.807, 2.05) is 0 Å². The van der Waals surface area contributed by atoms with Crippen molar-refractivity contribution in [3.05, 3.63) is 0 Å².